The lowest BCUT2D eigenvalue weighted by Crippen LogP contribution is -2.50. The molecule has 0 bridgehead atoms. The second kappa shape index (κ2) is 10.1. The van der Waals surface area contributed by atoms with E-state index in [9.17, 15) is 9.59 Å². The van der Waals surface area contributed by atoms with Crippen molar-refractivity contribution in [3.63, 3.8) is 0 Å². The number of nitrogens with zero attached hydrogens (tertiary/aromatic N) is 2. The molecule has 2 amide bonds. The first-order chi connectivity index (χ1) is 13.2. The van der Waals surface area contributed by atoms with Crippen LogP contribution in [0.1, 0.15) is 16.8 Å². The van der Waals surface area contributed by atoms with E-state index in [0.29, 0.717) is 25.1 Å². The van der Waals surface area contributed by atoms with Crippen molar-refractivity contribution in [2.45, 2.75) is 6.42 Å². The summed E-state index contributed by atoms with van der Waals surface area (Å²) in [6.45, 7) is 5.03. The summed E-state index contributed by atoms with van der Waals surface area (Å²) >= 11 is 1.49. The van der Waals surface area contributed by atoms with Crippen LogP contribution in [0.5, 0.6) is 5.75 Å². The van der Waals surface area contributed by atoms with E-state index in [1.807, 2.05) is 40.6 Å². The van der Waals surface area contributed by atoms with E-state index < -0.39 is 0 Å². The molecule has 1 saturated heterocycles. The lowest BCUT2D eigenvalue weighted by atomic mass is 10.2. The molecule has 6 nitrogen and oxygen atoms in total. The van der Waals surface area contributed by atoms with Crippen LogP contribution in [0.4, 0.5) is 0 Å². The van der Waals surface area contributed by atoms with E-state index in [1.54, 1.807) is 11.4 Å². The number of ether oxygens (including phenoxy) is 1. The monoisotopic (exact) mass is 387 g/mol. The second-order valence-electron chi connectivity index (χ2n) is 6.40. The van der Waals surface area contributed by atoms with Gasteiger partial charge in [-0.2, -0.15) is 11.3 Å². The van der Waals surface area contributed by atoms with Gasteiger partial charge in [-0.1, -0.05) is 18.2 Å². The van der Waals surface area contributed by atoms with E-state index in [1.165, 1.54) is 11.3 Å². The van der Waals surface area contributed by atoms with E-state index in [4.69, 9.17) is 4.74 Å². The maximum Gasteiger partial charge on any atom is 0.252 e. The highest BCUT2D eigenvalue weighted by Gasteiger charge is 2.20. The maximum atomic E-state index is 12.3. The van der Waals surface area contributed by atoms with Crippen molar-refractivity contribution in [3.05, 3.63) is 52.7 Å². The molecule has 0 spiro atoms. The van der Waals surface area contributed by atoms with Crippen molar-refractivity contribution in [2.24, 2.45) is 0 Å². The second-order valence-corrected chi connectivity index (χ2v) is 7.18. The van der Waals surface area contributed by atoms with Gasteiger partial charge >= 0.3 is 0 Å². The number of rotatable bonds is 8. The van der Waals surface area contributed by atoms with Crippen LogP contribution in [0, 0.1) is 0 Å². The van der Waals surface area contributed by atoms with Gasteiger partial charge < -0.3 is 15.0 Å². The fourth-order valence-electron chi connectivity index (χ4n) is 2.97. The summed E-state index contributed by atoms with van der Waals surface area (Å²) in [5.41, 5.74) is 0.652. The van der Waals surface area contributed by atoms with Gasteiger partial charge in [0.05, 0.1) is 0 Å². The summed E-state index contributed by atoms with van der Waals surface area (Å²) in [5, 5.41) is 6.47. The fraction of sp³-hybridized carbons (Fsp3) is 0.400. The lowest BCUT2D eigenvalue weighted by molar-refractivity contribution is -0.132. The number of piperazine rings is 1. The highest BCUT2D eigenvalue weighted by molar-refractivity contribution is 7.08. The van der Waals surface area contributed by atoms with E-state index in [2.05, 4.69) is 10.2 Å². The molecule has 1 aliphatic rings. The Bertz CT molecular complexity index is 713. The Kier molecular flexibility index (Phi) is 7.24. The van der Waals surface area contributed by atoms with Gasteiger partial charge in [0.15, 0.2) is 0 Å². The number of nitrogens with one attached hydrogen (secondary N) is 1. The molecule has 0 radical (unpaired) electrons. The molecule has 7 heteroatoms. The van der Waals surface area contributed by atoms with E-state index in [0.717, 1.165) is 38.5 Å². The van der Waals surface area contributed by atoms with Crippen molar-refractivity contribution < 1.29 is 14.3 Å². The highest BCUT2D eigenvalue weighted by atomic mass is 32.1. The number of hydrogen-bond donors (Lipinski definition) is 1. The zero-order chi connectivity index (χ0) is 18.9. The van der Waals surface area contributed by atoms with Crippen LogP contribution in [0.2, 0.25) is 0 Å². The summed E-state index contributed by atoms with van der Waals surface area (Å²) in [5.74, 6) is 0.865. The Balaban J connectivity index is 1.29. The van der Waals surface area contributed by atoms with Crippen molar-refractivity contribution in [1.82, 2.24) is 15.1 Å². The number of thiophene rings is 1. The molecule has 0 aliphatic carbocycles. The zero-order valence-corrected chi connectivity index (χ0v) is 16.1. The van der Waals surface area contributed by atoms with Gasteiger partial charge in [-0.05, 0) is 23.6 Å². The van der Waals surface area contributed by atoms with E-state index >= 15 is 0 Å². The molecule has 3 rings (SSSR count). The standard InChI is InChI=1S/C20H25N3O3S/c24-19(6-8-21-20(25)17-7-15-27-16-17)23-11-9-22(10-12-23)13-14-26-18-4-2-1-3-5-18/h1-5,7,15-16H,6,8-14H2,(H,21,25). The smallest absolute Gasteiger partial charge is 0.252 e. The zero-order valence-electron chi connectivity index (χ0n) is 15.3. The minimum atomic E-state index is -0.118. The van der Waals surface area contributed by atoms with Crippen molar-refractivity contribution in [1.29, 1.82) is 0 Å². The molecular weight excluding hydrogens is 362 g/mol. The summed E-state index contributed by atoms with van der Waals surface area (Å²) in [4.78, 5) is 28.4. The third-order valence-electron chi connectivity index (χ3n) is 4.55. The molecule has 1 N–H and O–H groups in total. The highest BCUT2D eigenvalue weighted by Crippen LogP contribution is 2.09. The average Bonchev–Trinajstić information content (AvgIpc) is 3.24. The van der Waals surface area contributed by atoms with Crippen LogP contribution in [-0.4, -0.2) is 67.5 Å². The predicted octanol–water partition coefficient (Wildman–Crippen LogP) is 2.09. The Labute approximate surface area is 163 Å². The Morgan fingerprint density at radius 1 is 1.07 bits per heavy atom. The van der Waals surface area contributed by atoms with Crippen LogP contribution >= 0.6 is 11.3 Å². The number of benzene rings is 1. The molecular formula is C20H25N3O3S. The van der Waals surface area contributed by atoms with E-state index in [-0.39, 0.29) is 11.8 Å². The van der Waals surface area contributed by atoms with Gasteiger partial charge in [0.25, 0.3) is 5.91 Å². The lowest BCUT2D eigenvalue weighted by Gasteiger charge is -2.34. The first-order valence-corrected chi connectivity index (χ1v) is 10.1. The topological polar surface area (TPSA) is 61.9 Å². The number of para-hydroxylation sites is 1. The van der Waals surface area contributed by atoms with Crippen LogP contribution in [0.25, 0.3) is 0 Å². The molecule has 27 heavy (non-hydrogen) atoms. The van der Waals surface area contributed by atoms with Crippen molar-refractivity contribution in [3.8, 4) is 5.75 Å². The SMILES string of the molecule is O=C(NCCC(=O)N1CCN(CCOc2ccccc2)CC1)c1ccsc1. The molecule has 2 aromatic rings. The quantitative estimate of drug-likeness (QED) is 0.754. The molecule has 0 atom stereocenters. The molecule has 1 aromatic carbocycles. The van der Waals surface area contributed by atoms with Crippen LogP contribution in [-0.2, 0) is 4.79 Å². The predicted molar refractivity (Wildman–Crippen MR) is 106 cm³/mol. The molecule has 0 saturated carbocycles. The number of amides is 2. The molecule has 2 heterocycles. The first kappa shape index (κ1) is 19.4. The number of hydrogen-bond acceptors (Lipinski definition) is 5. The fourth-order valence-corrected chi connectivity index (χ4v) is 3.60. The van der Waals surface area contributed by atoms with Gasteiger partial charge in [-0.25, -0.2) is 0 Å². The number of carbonyl (C=O) groups is 2. The minimum Gasteiger partial charge on any atom is -0.492 e. The van der Waals surface area contributed by atoms with Gasteiger partial charge in [0, 0.05) is 56.6 Å². The average molecular weight is 388 g/mol. The Morgan fingerprint density at radius 2 is 1.85 bits per heavy atom. The molecule has 144 valence electrons. The van der Waals surface area contributed by atoms with Gasteiger partial charge in [-0.15, -0.1) is 0 Å². The van der Waals surface area contributed by atoms with Gasteiger partial charge in [-0.3, -0.25) is 14.5 Å². The van der Waals surface area contributed by atoms with Crippen LogP contribution in [0.15, 0.2) is 47.2 Å². The molecule has 0 unspecified atom stereocenters. The summed E-state index contributed by atoms with van der Waals surface area (Å²) in [6.07, 6.45) is 0.340. The molecule has 1 fully saturated rings. The normalized spacial score (nSPS) is 14.7. The first-order valence-electron chi connectivity index (χ1n) is 9.21. The summed E-state index contributed by atoms with van der Waals surface area (Å²) < 4.78 is 5.73. The largest absolute Gasteiger partial charge is 0.492 e. The molecule has 1 aromatic heterocycles. The van der Waals surface area contributed by atoms with Crippen molar-refractivity contribution in [2.75, 3.05) is 45.9 Å². The van der Waals surface area contributed by atoms with Crippen LogP contribution in [0.3, 0.4) is 0 Å². The Morgan fingerprint density at radius 3 is 2.56 bits per heavy atom. The third-order valence-corrected chi connectivity index (χ3v) is 5.24. The number of carbonyl (C=O) groups excluding carboxylic acids is 2. The summed E-state index contributed by atoms with van der Waals surface area (Å²) in [7, 11) is 0. The minimum absolute atomic E-state index is 0.0980. The third kappa shape index (κ3) is 6.08. The van der Waals surface area contributed by atoms with Gasteiger partial charge in [0.2, 0.25) is 5.91 Å². The van der Waals surface area contributed by atoms with Gasteiger partial charge in [0.1, 0.15) is 12.4 Å². The maximum absolute atomic E-state index is 12.3. The molecule has 1 aliphatic heterocycles. The van der Waals surface area contributed by atoms with Crippen LogP contribution < -0.4 is 10.1 Å². The summed E-state index contributed by atoms with van der Waals surface area (Å²) in [6, 6.07) is 11.6. The van der Waals surface area contributed by atoms with Crippen molar-refractivity contribution >= 4 is 23.2 Å². The Hall–Kier alpha value is -2.38.